The molecule has 156 valence electrons. The third-order valence-corrected chi connectivity index (χ3v) is 5.25. The molecular formula is C17H12Cl2F3NO5S. The first-order chi connectivity index (χ1) is 13.3. The van der Waals surface area contributed by atoms with E-state index in [-0.39, 0.29) is 21.2 Å². The van der Waals surface area contributed by atoms with Gasteiger partial charge in [-0.2, -0.15) is 13.2 Å². The van der Waals surface area contributed by atoms with Gasteiger partial charge in [0, 0.05) is 11.9 Å². The lowest BCUT2D eigenvalue weighted by Gasteiger charge is -2.12. The molecule has 2 aromatic rings. The molecule has 1 N–H and O–H groups in total. The Morgan fingerprint density at radius 3 is 2.28 bits per heavy atom. The van der Waals surface area contributed by atoms with Crippen molar-refractivity contribution in [3.63, 3.8) is 0 Å². The second-order valence-corrected chi connectivity index (χ2v) is 8.56. The van der Waals surface area contributed by atoms with Gasteiger partial charge in [-0.25, -0.2) is 13.2 Å². The first-order valence-electron chi connectivity index (χ1n) is 7.62. The van der Waals surface area contributed by atoms with Crippen molar-refractivity contribution in [1.82, 2.24) is 0 Å². The van der Waals surface area contributed by atoms with E-state index < -0.39 is 45.1 Å². The summed E-state index contributed by atoms with van der Waals surface area (Å²) in [6, 6.07) is 6.11. The Labute approximate surface area is 173 Å². The molecule has 0 radical (unpaired) electrons. The minimum Gasteiger partial charge on any atom is -0.452 e. The number of nitrogens with one attached hydrogen (secondary N) is 1. The maximum atomic E-state index is 12.8. The quantitative estimate of drug-likeness (QED) is 0.662. The van der Waals surface area contributed by atoms with Crippen LogP contribution in [0.25, 0.3) is 0 Å². The number of alkyl halides is 3. The third kappa shape index (κ3) is 6.09. The van der Waals surface area contributed by atoms with E-state index in [1.807, 2.05) is 0 Å². The molecule has 29 heavy (non-hydrogen) atoms. The monoisotopic (exact) mass is 469 g/mol. The lowest BCUT2D eigenvalue weighted by atomic mass is 10.2. The highest BCUT2D eigenvalue weighted by molar-refractivity contribution is 7.90. The molecule has 0 aliphatic heterocycles. The molecule has 6 nitrogen and oxygen atoms in total. The minimum absolute atomic E-state index is 0.102. The molecule has 0 bridgehead atoms. The number of carbonyl (C=O) groups is 2. The smallest absolute Gasteiger partial charge is 0.417 e. The average molecular weight is 470 g/mol. The molecule has 0 spiro atoms. The standard InChI is InChI=1S/C17H12Cl2F3NO5S/c1-29(26,27)10-3-5-13(18)11(7-10)16(25)28-8-15(24)23-9-2-4-14(19)12(6-9)17(20,21)22/h2-7H,8H2,1H3,(H,23,24). The van der Waals surface area contributed by atoms with Crippen LogP contribution < -0.4 is 5.32 Å². The summed E-state index contributed by atoms with van der Waals surface area (Å²) in [4.78, 5) is 23.8. The second-order valence-electron chi connectivity index (χ2n) is 5.73. The lowest BCUT2D eigenvalue weighted by Crippen LogP contribution is -2.21. The molecule has 0 fully saturated rings. The van der Waals surface area contributed by atoms with E-state index >= 15 is 0 Å². The highest BCUT2D eigenvalue weighted by atomic mass is 35.5. The Hall–Kier alpha value is -2.30. The third-order valence-electron chi connectivity index (χ3n) is 3.48. The number of hydrogen-bond acceptors (Lipinski definition) is 5. The lowest BCUT2D eigenvalue weighted by molar-refractivity contribution is -0.137. The van der Waals surface area contributed by atoms with Gasteiger partial charge >= 0.3 is 12.1 Å². The van der Waals surface area contributed by atoms with Crippen LogP contribution in [0.3, 0.4) is 0 Å². The minimum atomic E-state index is -4.72. The number of hydrogen-bond donors (Lipinski definition) is 1. The van der Waals surface area contributed by atoms with Crippen LogP contribution in [0.2, 0.25) is 10.0 Å². The molecular weight excluding hydrogens is 458 g/mol. The summed E-state index contributed by atoms with van der Waals surface area (Å²) in [5.41, 5.74) is -1.63. The number of ether oxygens (including phenoxy) is 1. The first-order valence-corrected chi connectivity index (χ1v) is 10.3. The van der Waals surface area contributed by atoms with Crippen molar-refractivity contribution in [2.75, 3.05) is 18.2 Å². The van der Waals surface area contributed by atoms with Gasteiger partial charge in [0.25, 0.3) is 5.91 Å². The van der Waals surface area contributed by atoms with E-state index in [4.69, 9.17) is 27.9 Å². The fourth-order valence-corrected chi connectivity index (χ4v) is 3.18. The van der Waals surface area contributed by atoms with Gasteiger partial charge in [0.1, 0.15) is 0 Å². The fraction of sp³-hybridized carbons (Fsp3) is 0.176. The van der Waals surface area contributed by atoms with Crippen molar-refractivity contribution in [3.8, 4) is 0 Å². The molecule has 0 saturated heterocycles. The van der Waals surface area contributed by atoms with Crippen LogP contribution in [-0.4, -0.2) is 33.2 Å². The van der Waals surface area contributed by atoms with Gasteiger partial charge in [-0.3, -0.25) is 4.79 Å². The zero-order valence-electron chi connectivity index (χ0n) is 14.5. The first kappa shape index (κ1) is 23.0. The van der Waals surface area contributed by atoms with Crippen LogP contribution in [0.5, 0.6) is 0 Å². The van der Waals surface area contributed by atoms with E-state index in [9.17, 15) is 31.2 Å². The Balaban J connectivity index is 2.08. The van der Waals surface area contributed by atoms with Gasteiger partial charge in [-0.05, 0) is 36.4 Å². The van der Waals surface area contributed by atoms with Crippen molar-refractivity contribution in [3.05, 3.63) is 57.6 Å². The highest BCUT2D eigenvalue weighted by Gasteiger charge is 2.33. The zero-order chi connectivity index (χ0) is 22.0. The number of esters is 1. The van der Waals surface area contributed by atoms with Crippen LogP contribution in [-0.2, 0) is 25.5 Å². The molecule has 0 heterocycles. The van der Waals surface area contributed by atoms with Crippen LogP contribution in [0.4, 0.5) is 18.9 Å². The fourth-order valence-electron chi connectivity index (χ4n) is 2.12. The van der Waals surface area contributed by atoms with Crippen LogP contribution >= 0.6 is 23.2 Å². The second kappa shape index (κ2) is 8.60. The summed E-state index contributed by atoms with van der Waals surface area (Å²) < 4.78 is 66.4. The molecule has 2 aromatic carbocycles. The van der Waals surface area contributed by atoms with Crippen LogP contribution in [0.1, 0.15) is 15.9 Å². The molecule has 0 saturated carbocycles. The Morgan fingerprint density at radius 2 is 1.69 bits per heavy atom. The highest BCUT2D eigenvalue weighted by Crippen LogP contribution is 2.36. The summed E-state index contributed by atoms with van der Waals surface area (Å²) in [5, 5.41) is 1.49. The average Bonchev–Trinajstić information content (AvgIpc) is 2.59. The normalized spacial score (nSPS) is 11.8. The van der Waals surface area contributed by atoms with Crippen molar-refractivity contribution in [1.29, 1.82) is 0 Å². The van der Waals surface area contributed by atoms with Gasteiger partial charge in [-0.1, -0.05) is 23.2 Å². The summed E-state index contributed by atoms with van der Waals surface area (Å²) in [6.45, 7) is -0.845. The van der Waals surface area contributed by atoms with Gasteiger partial charge in [-0.15, -0.1) is 0 Å². The number of rotatable bonds is 5. The van der Waals surface area contributed by atoms with Crippen LogP contribution in [0.15, 0.2) is 41.3 Å². The van der Waals surface area contributed by atoms with Gasteiger partial charge < -0.3 is 10.1 Å². The molecule has 0 aliphatic carbocycles. The van der Waals surface area contributed by atoms with E-state index in [0.29, 0.717) is 6.07 Å². The predicted octanol–water partition coefficient (Wildman–Crippen LogP) is 4.21. The Bertz CT molecular complexity index is 1070. The molecule has 0 aromatic heterocycles. The summed E-state index contributed by atoms with van der Waals surface area (Å²) in [5.74, 6) is -2.01. The van der Waals surface area contributed by atoms with Crippen molar-refractivity contribution in [2.45, 2.75) is 11.1 Å². The van der Waals surface area contributed by atoms with Gasteiger partial charge in [0.15, 0.2) is 16.4 Å². The molecule has 1 amide bonds. The summed E-state index contributed by atoms with van der Waals surface area (Å²) in [7, 11) is -3.62. The maximum Gasteiger partial charge on any atom is 0.417 e. The molecule has 2 rings (SSSR count). The van der Waals surface area contributed by atoms with Crippen molar-refractivity contribution < 1.29 is 35.9 Å². The summed E-state index contributed by atoms with van der Waals surface area (Å²) >= 11 is 11.3. The topological polar surface area (TPSA) is 89.5 Å². The predicted molar refractivity (Wildman–Crippen MR) is 99.9 cm³/mol. The van der Waals surface area contributed by atoms with E-state index in [2.05, 4.69) is 5.32 Å². The molecule has 0 unspecified atom stereocenters. The largest absolute Gasteiger partial charge is 0.452 e. The van der Waals surface area contributed by atoms with Crippen molar-refractivity contribution in [2.24, 2.45) is 0 Å². The SMILES string of the molecule is CS(=O)(=O)c1ccc(Cl)c(C(=O)OCC(=O)Nc2ccc(Cl)c(C(F)(F)F)c2)c1. The Kier molecular flexibility index (Phi) is 6.82. The summed E-state index contributed by atoms with van der Waals surface area (Å²) in [6.07, 6.45) is -3.79. The number of anilines is 1. The number of halogens is 5. The van der Waals surface area contributed by atoms with E-state index in [1.165, 1.54) is 12.1 Å². The number of benzene rings is 2. The van der Waals surface area contributed by atoms with Gasteiger partial charge in [0.05, 0.1) is 26.1 Å². The maximum absolute atomic E-state index is 12.8. The molecule has 0 aliphatic rings. The molecule has 12 heteroatoms. The van der Waals surface area contributed by atoms with Crippen molar-refractivity contribution >= 4 is 50.6 Å². The molecule has 0 atom stereocenters. The van der Waals surface area contributed by atoms with Crippen LogP contribution in [0, 0.1) is 0 Å². The van der Waals surface area contributed by atoms with E-state index in [1.54, 1.807) is 0 Å². The number of carbonyl (C=O) groups excluding carboxylic acids is 2. The van der Waals surface area contributed by atoms with E-state index in [0.717, 1.165) is 24.5 Å². The number of amides is 1. The van der Waals surface area contributed by atoms with Gasteiger partial charge in [0.2, 0.25) is 0 Å². The number of sulfone groups is 1. The Morgan fingerprint density at radius 1 is 1.07 bits per heavy atom. The zero-order valence-corrected chi connectivity index (χ0v) is 16.8.